The van der Waals surface area contributed by atoms with Crippen LogP contribution in [0, 0.1) is 5.92 Å². The Labute approximate surface area is 82.7 Å². The van der Waals surface area contributed by atoms with Crippen molar-refractivity contribution >= 4 is 0 Å². The smallest absolute Gasteiger partial charge is 0.0215 e. The van der Waals surface area contributed by atoms with Crippen LogP contribution >= 0.6 is 0 Å². The maximum absolute atomic E-state index is 3.64. The minimum absolute atomic E-state index is 0.716. The Hall–Kier alpha value is -0.0800. The lowest BCUT2D eigenvalue weighted by molar-refractivity contribution is 0.149. The number of rotatable bonds is 3. The number of nitrogens with one attached hydrogen (secondary N) is 1. The van der Waals surface area contributed by atoms with Crippen LogP contribution in [0.1, 0.15) is 33.6 Å². The third-order valence-corrected chi connectivity index (χ3v) is 3.00. The van der Waals surface area contributed by atoms with Crippen molar-refractivity contribution in [3.63, 3.8) is 0 Å². The van der Waals surface area contributed by atoms with E-state index in [0.29, 0.717) is 6.04 Å². The van der Waals surface area contributed by atoms with Crippen LogP contribution in [0.15, 0.2) is 0 Å². The normalized spacial score (nSPS) is 31.2. The molecular weight excluding hydrogens is 160 g/mol. The van der Waals surface area contributed by atoms with E-state index in [1.807, 2.05) is 0 Å². The fraction of sp³-hybridized carbons (Fsp3) is 1.00. The van der Waals surface area contributed by atoms with E-state index in [1.54, 1.807) is 0 Å². The number of piperazine rings is 1. The number of likely N-dealkylation sites (N-methyl/N-ethyl adjacent to an activating group) is 1. The van der Waals surface area contributed by atoms with Crippen molar-refractivity contribution in [3.05, 3.63) is 0 Å². The van der Waals surface area contributed by atoms with Crippen molar-refractivity contribution in [1.29, 1.82) is 0 Å². The molecule has 1 aliphatic rings. The molecule has 0 saturated carbocycles. The van der Waals surface area contributed by atoms with Crippen LogP contribution in [0.25, 0.3) is 0 Å². The van der Waals surface area contributed by atoms with Gasteiger partial charge in [-0.3, -0.25) is 0 Å². The van der Waals surface area contributed by atoms with Crippen LogP contribution in [0.3, 0.4) is 0 Å². The van der Waals surface area contributed by atoms with Gasteiger partial charge in [0.25, 0.3) is 0 Å². The molecule has 13 heavy (non-hydrogen) atoms. The monoisotopic (exact) mass is 184 g/mol. The summed E-state index contributed by atoms with van der Waals surface area (Å²) in [6.07, 6.45) is 2.57. The van der Waals surface area contributed by atoms with E-state index in [9.17, 15) is 0 Å². The summed E-state index contributed by atoms with van der Waals surface area (Å²) >= 11 is 0. The third kappa shape index (κ3) is 3.28. The van der Waals surface area contributed by atoms with Gasteiger partial charge >= 0.3 is 0 Å². The minimum Gasteiger partial charge on any atom is -0.311 e. The zero-order valence-corrected chi connectivity index (χ0v) is 9.51. The predicted octanol–water partition coefficient (Wildman–Crippen LogP) is 1.71. The van der Waals surface area contributed by atoms with E-state index >= 15 is 0 Å². The summed E-state index contributed by atoms with van der Waals surface area (Å²) in [4.78, 5) is 2.50. The number of hydrogen-bond donors (Lipinski definition) is 1. The topological polar surface area (TPSA) is 15.3 Å². The van der Waals surface area contributed by atoms with Crippen molar-refractivity contribution < 1.29 is 0 Å². The first kappa shape index (κ1) is 11.0. The summed E-state index contributed by atoms with van der Waals surface area (Å²) < 4.78 is 0. The van der Waals surface area contributed by atoms with Crippen LogP contribution in [0.4, 0.5) is 0 Å². The molecule has 1 saturated heterocycles. The zero-order valence-electron chi connectivity index (χ0n) is 9.51. The van der Waals surface area contributed by atoms with Gasteiger partial charge in [0.15, 0.2) is 0 Å². The van der Waals surface area contributed by atoms with Crippen LogP contribution < -0.4 is 5.32 Å². The molecule has 0 aromatic rings. The Morgan fingerprint density at radius 1 is 1.46 bits per heavy atom. The molecule has 0 aromatic carbocycles. The minimum atomic E-state index is 0.716. The molecule has 0 amide bonds. The molecule has 1 heterocycles. The lowest BCUT2D eigenvalue weighted by atomic mass is 9.99. The van der Waals surface area contributed by atoms with Gasteiger partial charge in [0.2, 0.25) is 0 Å². The molecule has 2 heteroatoms. The zero-order chi connectivity index (χ0) is 9.84. The molecule has 1 N–H and O–H groups in total. The van der Waals surface area contributed by atoms with Crippen molar-refractivity contribution in [2.45, 2.75) is 45.7 Å². The van der Waals surface area contributed by atoms with Gasteiger partial charge in [0.1, 0.15) is 0 Å². The van der Waals surface area contributed by atoms with Gasteiger partial charge in [0, 0.05) is 25.2 Å². The maximum atomic E-state index is 3.64. The first-order chi connectivity index (χ1) is 6.13. The fourth-order valence-electron chi connectivity index (χ4n) is 2.20. The van der Waals surface area contributed by atoms with Gasteiger partial charge in [-0.15, -0.1) is 0 Å². The van der Waals surface area contributed by atoms with E-state index < -0.39 is 0 Å². The van der Waals surface area contributed by atoms with Gasteiger partial charge in [-0.25, -0.2) is 0 Å². The van der Waals surface area contributed by atoms with E-state index in [0.717, 1.165) is 12.0 Å². The summed E-state index contributed by atoms with van der Waals surface area (Å²) in [6, 6.07) is 1.47. The van der Waals surface area contributed by atoms with Gasteiger partial charge < -0.3 is 10.2 Å². The molecule has 0 aromatic heterocycles. The molecule has 0 aliphatic carbocycles. The highest BCUT2D eigenvalue weighted by molar-refractivity contribution is 4.83. The molecule has 0 spiro atoms. The summed E-state index contributed by atoms with van der Waals surface area (Å²) in [5, 5.41) is 3.64. The predicted molar refractivity (Wildman–Crippen MR) is 58.0 cm³/mol. The number of nitrogens with zero attached hydrogens (tertiary/aromatic N) is 1. The molecule has 0 bridgehead atoms. The molecule has 2 atom stereocenters. The fourth-order valence-corrected chi connectivity index (χ4v) is 2.20. The van der Waals surface area contributed by atoms with E-state index in [2.05, 4.69) is 38.0 Å². The quantitative estimate of drug-likeness (QED) is 0.718. The Morgan fingerprint density at radius 2 is 2.15 bits per heavy atom. The Bertz CT molecular complexity index is 145. The highest BCUT2D eigenvalue weighted by atomic mass is 15.2. The second-order valence-electron chi connectivity index (χ2n) is 4.74. The highest BCUT2D eigenvalue weighted by Crippen LogP contribution is 2.12. The van der Waals surface area contributed by atoms with Gasteiger partial charge in [0.05, 0.1) is 0 Å². The molecule has 2 unspecified atom stereocenters. The lowest BCUT2D eigenvalue weighted by Crippen LogP contribution is -2.54. The molecule has 1 fully saturated rings. The van der Waals surface area contributed by atoms with Crippen molar-refractivity contribution in [3.8, 4) is 0 Å². The lowest BCUT2D eigenvalue weighted by Gasteiger charge is -2.38. The molecule has 1 rings (SSSR count). The average Bonchev–Trinajstić information content (AvgIpc) is 2.03. The van der Waals surface area contributed by atoms with E-state index in [-0.39, 0.29) is 0 Å². The van der Waals surface area contributed by atoms with Crippen LogP contribution in [0.5, 0.6) is 0 Å². The molecule has 2 nitrogen and oxygen atoms in total. The third-order valence-electron chi connectivity index (χ3n) is 3.00. The molecule has 0 radical (unpaired) electrons. The molecular formula is C11H24N2. The van der Waals surface area contributed by atoms with Crippen molar-refractivity contribution in [2.24, 2.45) is 5.92 Å². The van der Waals surface area contributed by atoms with Gasteiger partial charge in [-0.2, -0.15) is 0 Å². The maximum Gasteiger partial charge on any atom is 0.0215 e. The Kier molecular flexibility index (Phi) is 4.20. The standard InChI is InChI=1S/C11H24N2/c1-5-11-7-12-10(6-9(2)3)8-13(11)4/h9-12H,5-8H2,1-4H3. The summed E-state index contributed by atoms with van der Waals surface area (Å²) in [5.74, 6) is 0.809. The summed E-state index contributed by atoms with van der Waals surface area (Å²) in [7, 11) is 2.25. The second-order valence-corrected chi connectivity index (χ2v) is 4.74. The van der Waals surface area contributed by atoms with Crippen molar-refractivity contribution in [2.75, 3.05) is 20.1 Å². The van der Waals surface area contributed by atoms with Crippen molar-refractivity contribution in [1.82, 2.24) is 10.2 Å². The van der Waals surface area contributed by atoms with E-state index in [1.165, 1.54) is 25.9 Å². The highest BCUT2D eigenvalue weighted by Gasteiger charge is 2.23. The van der Waals surface area contributed by atoms with Gasteiger partial charge in [-0.05, 0) is 25.8 Å². The molecule has 78 valence electrons. The van der Waals surface area contributed by atoms with Crippen LogP contribution in [0.2, 0.25) is 0 Å². The number of hydrogen-bond acceptors (Lipinski definition) is 2. The average molecular weight is 184 g/mol. The first-order valence-corrected chi connectivity index (χ1v) is 5.57. The van der Waals surface area contributed by atoms with E-state index in [4.69, 9.17) is 0 Å². The summed E-state index contributed by atoms with van der Waals surface area (Å²) in [6.45, 7) is 9.26. The van der Waals surface area contributed by atoms with Crippen LogP contribution in [-0.2, 0) is 0 Å². The Balaban J connectivity index is 2.32. The second kappa shape index (κ2) is 4.97. The molecule has 1 aliphatic heterocycles. The largest absolute Gasteiger partial charge is 0.311 e. The summed E-state index contributed by atoms with van der Waals surface area (Å²) in [5.41, 5.74) is 0. The van der Waals surface area contributed by atoms with Crippen LogP contribution in [-0.4, -0.2) is 37.1 Å². The first-order valence-electron chi connectivity index (χ1n) is 5.57. The Morgan fingerprint density at radius 3 is 2.62 bits per heavy atom. The van der Waals surface area contributed by atoms with Gasteiger partial charge in [-0.1, -0.05) is 20.8 Å². The SMILES string of the molecule is CCC1CNC(CC(C)C)CN1C.